The summed E-state index contributed by atoms with van der Waals surface area (Å²) >= 11 is 0. The highest BCUT2D eigenvalue weighted by Crippen LogP contribution is 2.16. The summed E-state index contributed by atoms with van der Waals surface area (Å²) in [6.45, 7) is 9.01. The van der Waals surface area contributed by atoms with Gasteiger partial charge in [0.1, 0.15) is 6.23 Å². The summed E-state index contributed by atoms with van der Waals surface area (Å²) in [4.78, 5) is 2.43. The third kappa shape index (κ3) is 3.44. The van der Waals surface area contributed by atoms with Gasteiger partial charge in [0, 0.05) is 13.1 Å². The second kappa shape index (κ2) is 6.72. The topological polar surface area (TPSA) is 12.5 Å². The van der Waals surface area contributed by atoms with E-state index in [9.17, 15) is 0 Å². The molecule has 1 aromatic carbocycles. The Morgan fingerprint density at radius 3 is 2.72 bits per heavy atom. The maximum absolute atomic E-state index is 5.99. The summed E-state index contributed by atoms with van der Waals surface area (Å²) in [5, 5.41) is 0. The first-order chi connectivity index (χ1) is 8.81. The van der Waals surface area contributed by atoms with Crippen molar-refractivity contribution in [3.8, 4) is 0 Å². The lowest BCUT2D eigenvalue weighted by Gasteiger charge is -2.32. The second-order valence-corrected chi connectivity index (χ2v) is 4.91. The monoisotopic (exact) mass is 245 g/mol. The molecule has 0 N–H and O–H groups in total. The van der Waals surface area contributed by atoms with Gasteiger partial charge in [0.2, 0.25) is 0 Å². The molecule has 1 atom stereocenters. The predicted molar refractivity (Wildman–Crippen MR) is 76.2 cm³/mol. The van der Waals surface area contributed by atoms with Crippen molar-refractivity contribution in [3.05, 3.63) is 42.0 Å². The summed E-state index contributed by atoms with van der Waals surface area (Å²) in [5.41, 5.74) is 2.39. The normalized spacial score (nSPS) is 18.5. The van der Waals surface area contributed by atoms with Crippen LogP contribution in [0.25, 0.3) is 6.08 Å². The minimum Gasteiger partial charge on any atom is -0.359 e. The number of benzene rings is 1. The number of rotatable bonds is 5. The molecule has 1 fully saturated rings. The van der Waals surface area contributed by atoms with Crippen molar-refractivity contribution in [1.29, 1.82) is 0 Å². The lowest BCUT2D eigenvalue weighted by molar-refractivity contribution is -0.0636. The lowest BCUT2D eigenvalue weighted by Crippen LogP contribution is -2.38. The molecule has 18 heavy (non-hydrogen) atoms. The standard InChI is InChI=1S/C16H23NO/c1-3-15-9-5-6-10-16(15)13-18-14(2)17-11-7-4-8-12-17/h3,5-6,9-10,14H,1,4,7-8,11-13H2,2H3. The smallest absolute Gasteiger partial charge is 0.108 e. The number of likely N-dealkylation sites (tertiary alicyclic amines) is 1. The average molecular weight is 245 g/mol. The van der Waals surface area contributed by atoms with Crippen molar-refractivity contribution >= 4 is 6.08 Å². The molecule has 2 heteroatoms. The Bertz CT molecular complexity index is 382. The highest BCUT2D eigenvalue weighted by atomic mass is 16.5. The SMILES string of the molecule is C=Cc1ccccc1COC(C)N1CCCCC1. The Morgan fingerprint density at radius 1 is 1.28 bits per heavy atom. The van der Waals surface area contributed by atoms with Gasteiger partial charge >= 0.3 is 0 Å². The van der Waals surface area contributed by atoms with Crippen LogP contribution in [0.2, 0.25) is 0 Å². The summed E-state index contributed by atoms with van der Waals surface area (Å²) in [6, 6.07) is 8.28. The first kappa shape index (κ1) is 13.3. The van der Waals surface area contributed by atoms with Crippen molar-refractivity contribution < 1.29 is 4.74 Å². The van der Waals surface area contributed by atoms with Gasteiger partial charge in [0.15, 0.2) is 0 Å². The fraction of sp³-hybridized carbons (Fsp3) is 0.500. The molecule has 0 bridgehead atoms. The number of piperidine rings is 1. The van der Waals surface area contributed by atoms with Crippen LogP contribution in [-0.2, 0) is 11.3 Å². The van der Waals surface area contributed by atoms with Crippen molar-refractivity contribution in [2.75, 3.05) is 13.1 Å². The quantitative estimate of drug-likeness (QED) is 0.784. The van der Waals surface area contributed by atoms with E-state index in [1.807, 2.05) is 12.1 Å². The van der Waals surface area contributed by atoms with Crippen LogP contribution in [0.3, 0.4) is 0 Å². The molecule has 0 amide bonds. The zero-order valence-corrected chi connectivity index (χ0v) is 11.3. The summed E-state index contributed by atoms with van der Waals surface area (Å²) in [7, 11) is 0. The Kier molecular flexibility index (Phi) is 4.97. The second-order valence-electron chi connectivity index (χ2n) is 4.91. The molecule has 0 spiro atoms. The number of hydrogen-bond donors (Lipinski definition) is 0. The maximum Gasteiger partial charge on any atom is 0.108 e. The molecule has 1 aliphatic rings. The fourth-order valence-corrected chi connectivity index (χ4v) is 2.46. The molecule has 1 aliphatic heterocycles. The lowest BCUT2D eigenvalue weighted by atomic mass is 10.1. The van der Waals surface area contributed by atoms with Gasteiger partial charge in [-0.2, -0.15) is 0 Å². The minimum absolute atomic E-state index is 0.211. The van der Waals surface area contributed by atoms with Gasteiger partial charge in [-0.05, 0) is 30.9 Å². The van der Waals surface area contributed by atoms with Crippen molar-refractivity contribution in [2.45, 2.75) is 39.0 Å². The van der Waals surface area contributed by atoms with Crippen LogP contribution < -0.4 is 0 Å². The van der Waals surface area contributed by atoms with Gasteiger partial charge in [0.25, 0.3) is 0 Å². The van der Waals surface area contributed by atoms with Gasteiger partial charge in [-0.1, -0.05) is 43.3 Å². The van der Waals surface area contributed by atoms with Crippen LogP contribution in [-0.4, -0.2) is 24.2 Å². The summed E-state index contributed by atoms with van der Waals surface area (Å²) in [5.74, 6) is 0. The first-order valence-electron chi connectivity index (χ1n) is 6.87. The van der Waals surface area contributed by atoms with E-state index in [1.165, 1.54) is 43.5 Å². The van der Waals surface area contributed by atoms with E-state index in [0.29, 0.717) is 6.61 Å². The molecular formula is C16H23NO. The van der Waals surface area contributed by atoms with Gasteiger partial charge in [-0.25, -0.2) is 0 Å². The third-order valence-electron chi connectivity index (χ3n) is 3.66. The Balaban J connectivity index is 1.88. The number of ether oxygens (including phenoxy) is 1. The number of nitrogens with zero attached hydrogens (tertiary/aromatic N) is 1. The van der Waals surface area contributed by atoms with E-state index >= 15 is 0 Å². The van der Waals surface area contributed by atoms with E-state index in [4.69, 9.17) is 4.74 Å². The van der Waals surface area contributed by atoms with Crippen molar-refractivity contribution in [3.63, 3.8) is 0 Å². The summed E-state index contributed by atoms with van der Waals surface area (Å²) < 4.78 is 5.99. The molecule has 2 nitrogen and oxygen atoms in total. The van der Waals surface area contributed by atoms with Crippen LogP contribution in [0.1, 0.15) is 37.3 Å². The molecule has 98 valence electrons. The highest BCUT2D eigenvalue weighted by molar-refractivity contribution is 5.51. The third-order valence-corrected chi connectivity index (χ3v) is 3.66. The molecule has 0 saturated carbocycles. The first-order valence-corrected chi connectivity index (χ1v) is 6.87. The van der Waals surface area contributed by atoms with Gasteiger partial charge in [0.05, 0.1) is 6.61 Å². The van der Waals surface area contributed by atoms with Crippen LogP contribution in [0.4, 0.5) is 0 Å². The van der Waals surface area contributed by atoms with Crippen molar-refractivity contribution in [2.24, 2.45) is 0 Å². The van der Waals surface area contributed by atoms with Crippen LogP contribution in [0, 0.1) is 0 Å². The Hall–Kier alpha value is -1.12. The molecule has 0 aromatic heterocycles. The van der Waals surface area contributed by atoms with Crippen LogP contribution in [0.15, 0.2) is 30.8 Å². The van der Waals surface area contributed by atoms with Gasteiger partial charge in [-0.15, -0.1) is 0 Å². The predicted octanol–water partition coefficient (Wildman–Crippen LogP) is 3.68. The van der Waals surface area contributed by atoms with Crippen LogP contribution >= 0.6 is 0 Å². The largest absolute Gasteiger partial charge is 0.359 e. The van der Waals surface area contributed by atoms with Gasteiger partial charge < -0.3 is 4.74 Å². The molecule has 1 heterocycles. The fourth-order valence-electron chi connectivity index (χ4n) is 2.46. The summed E-state index contributed by atoms with van der Waals surface area (Å²) in [6.07, 6.45) is 6.07. The molecule has 0 radical (unpaired) electrons. The van der Waals surface area contributed by atoms with E-state index in [-0.39, 0.29) is 6.23 Å². The molecule has 0 aliphatic carbocycles. The molecule has 1 unspecified atom stereocenters. The number of hydrogen-bond acceptors (Lipinski definition) is 2. The molecular weight excluding hydrogens is 222 g/mol. The van der Waals surface area contributed by atoms with E-state index in [0.717, 1.165) is 0 Å². The Morgan fingerprint density at radius 2 is 2.00 bits per heavy atom. The van der Waals surface area contributed by atoms with E-state index in [2.05, 4.69) is 36.6 Å². The zero-order chi connectivity index (χ0) is 12.8. The Labute approximate surface area is 110 Å². The molecule has 2 rings (SSSR count). The van der Waals surface area contributed by atoms with E-state index in [1.54, 1.807) is 0 Å². The van der Waals surface area contributed by atoms with Crippen molar-refractivity contribution in [1.82, 2.24) is 4.90 Å². The van der Waals surface area contributed by atoms with Crippen LogP contribution in [0.5, 0.6) is 0 Å². The van der Waals surface area contributed by atoms with E-state index < -0.39 is 0 Å². The minimum atomic E-state index is 0.211. The highest BCUT2D eigenvalue weighted by Gasteiger charge is 2.16. The molecule has 1 aromatic rings. The average Bonchev–Trinajstić information content (AvgIpc) is 2.46. The maximum atomic E-state index is 5.99. The zero-order valence-electron chi connectivity index (χ0n) is 11.3. The van der Waals surface area contributed by atoms with Gasteiger partial charge in [-0.3, -0.25) is 4.90 Å². The molecule has 1 saturated heterocycles.